The van der Waals surface area contributed by atoms with E-state index in [0.29, 0.717) is 24.8 Å². The van der Waals surface area contributed by atoms with Crippen LogP contribution in [0.15, 0.2) is 65.5 Å². The van der Waals surface area contributed by atoms with E-state index >= 15 is 0 Å². The summed E-state index contributed by atoms with van der Waals surface area (Å²) in [6.45, 7) is 0.756. The second-order valence-corrected chi connectivity index (χ2v) is 6.20. The van der Waals surface area contributed by atoms with Crippen LogP contribution in [0.2, 0.25) is 0 Å². The van der Waals surface area contributed by atoms with E-state index in [2.05, 4.69) is 10.3 Å². The number of likely N-dealkylation sites (tertiary alicyclic amines) is 1. The molecule has 1 atom stereocenters. The van der Waals surface area contributed by atoms with Gasteiger partial charge in [-0.2, -0.15) is 0 Å². The number of imidazole rings is 1. The number of aromatic nitrogens is 2. The van der Waals surface area contributed by atoms with Gasteiger partial charge < -0.3 is 9.32 Å². The molecule has 3 heterocycles. The first-order chi connectivity index (χ1) is 12.7. The summed E-state index contributed by atoms with van der Waals surface area (Å²) in [5, 5.41) is 2.84. The maximum absolute atomic E-state index is 12.6. The number of rotatable bonds is 5. The van der Waals surface area contributed by atoms with Gasteiger partial charge in [0.1, 0.15) is 5.76 Å². The molecule has 1 unspecified atom stereocenters. The zero-order valence-corrected chi connectivity index (χ0v) is 14.0. The molecule has 2 aromatic heterocycles. The van der Waals surface area contributed by atoms with Gasteiger partial charge in [-0.05, 0) is 24.3 Å². The summed E-state index contributed by atoms with van der Waals surface area (Å²) in [5.41, 5.74) is 0.905. The first-order valence-electron chi connectivity index (χ1n) is 8.40. The van der Waals surface area contributed by atoms with E-state index in [0.717, 1.165) is 5.69 Å². The van der Waals surface area contributed by atoms with Crippen LogP contribution in [-0.4, -0.2) is 32.8 Å². The highest BCUT2D eigenvalue weighted by Gasteiger charge is 2.35. The quantitative estimate of drug-likeness (QED) is 0.766. The van der Waals surface area contributed by atoms with Crippen LogP contribution in [0, 0.1) is 5.92 Å². The molecule has 1 N–H and O–H groups in total. The van der Waals surface area contributed by atoms with Gasteiger partial charge >= 0.3 is 0 Å². The molecule has 1 aromatic carbocycles. The molecule has 1 saturated heterocycles. The van der Waals surface area contributed by atoms with E-state index in [1.807, 2.05) is 36.4 Å². The fourth-order valence-corrected chi connectivity index (χ4v) is 3.10. The Morgan fingerprint density at radius 3 is 2.85 bits per heavy atom. The molecular formula is C19H18N4O3. The van der Waals surface area contributed by atoms with Crippen LogP contribution in [0.3, 0.4) is 0 Å². The number of nitrogens with one attached hydrogen (secondary N) is 1. The number of anilines is 1. The Morgan fingerprint density at radius 1 is 1.23 bits per heavy atom. The summed E-state index contributed by atoms with van der Waals surface area (Å²) in [5.74, 6) is 0.493. The number of benzene rings is 1. The number of carbonyl (C=O) groups is 2. The highest BCUT2D eigenvalue weighted by molar-refractivity contribution is 5.96. The Balaban J connectivity index is 1.43. The van der Waals surface area contributed by atoms with Crippen LogP contribution in [0.5, 0.6) is 0 Å². The van der Waals surface area contributed by atoms with Gasteiger partial charge in [-0.15, -0.1) is 0 Å². The lowest BCUT2D eigenvalue weighted by atomic mass is 10.1. The van der Waals surface area contributed by atoms with E-state index in [9.17, 15) is 9.59 Å². The Bertz CT molecular complexity index is 902. The lowest BCUT2D eigenvalue weighted by Gasteiger charge is -2.15. The summed E-state index contributed by atoms with van der Waals surface area (Å²) in [7, 11) is 0. The largest absolute Gasteiger partial charge is 0.467 e. The molecule has 0 aliphatic carbocycles. The smallest absolute Gasteiger partial charge is 0.232 e. The minimum atomic E-state index is -0.404. The molecule has 0 spiro atoms. The molecule has 7 nitrogen and oxygen atoms in total. The number of nitrogens with zero attached hydrogens (tertiary/aromatic N) is 3. The fraction of sp³-hybridized carbons (Fsp3) is 0.211. The van der Waals surface area contributed by atoms with E-state index in [4.69, 9.17) is 4.42 Å². The number of hydrogen-bond acceptors (Lipinski definition) is 4. The summed E-state index contributed by atoms with van der Waals surface area (Å²) in [6, 6.07) is 13.2. The monoisotopic (exact) mass is 350 g/mol. The minimum Gasteiger partial charge on any atom is -0.467 e. The molecule has 4 rings (SSSR count). The zero-order chi connectivity index (χ0) is 17.9. The third-order valence-corrected chi connectivity index (χ3v) is 4.42. The van der Waals surface area contributed by atoms with Crippen LogP contribution in [0.4, 0.5) is 5.95 Å². The average molecular weight is 350 g/mol. The van der Waals surface area contributed by atoms with Crippen LogP contribution in [0.1, 0.15) is 12.2 Å². The lowest BCUT2D eigenvalue weighted by Crippen LogP contribution is -2.28. The molecule has 132 valence electrons. The third kappa shape index (κ3) is 3.23. The van der Waals surface area contributed by atoms with Gasteiger partial charge in [-0.1, -0.05) is 18.2 Å². The summed E-state index contributed by atoms with van der Waals surface area (Å²) < 4.78 is 7.08. The molecule has 3 aromatic rings. The Labute approximate surface area is 150 Å². The second kappa shape index (κ2) is 6.87. The van der Waals surface area contributed by atoms with Gasteiger partial charge in [0.15, 0.2) is 0 Å². The first-order valence-corrected chi connectivity index (χ1v) is 8.40. The van der Waals surface area contributed by atoms with Gasteiger partial charge in [0, 0.05) is 31.0 Å². The molecule has 1 fully saturated rings. The van der Waals surface area contributed by atoms with Crippen molar-refractivity contribution in [2.75, 3.05) is 11.9 Å². The van der Waals surface area contributed by atoms with Crippen LogP contribution >= 0.6 is 0 Å². The third-order valence-electron chi connectivity index (χ3n) is 4.42. The van der Waals surface area contributed by atoms with Crippen molar-refractivity contribution in [3.8, 4) is 5.69 Å². The van der Waals surface area contributed by atoms with Gasteiger partial charge in [0.2, 0.25) is 17.8 Å². The van der Waals surface area contributed by atoms with Crippen LogP contribution in [-0.2, 0) is 16.1 Å². The van der Waals surface area contributed by atoms with Crippen molar-refractivity contribution >= 4 is 17.8 Å². The molecule has 0 radical (unpaired) electrons. The standard InChI is InChI=1S/C19H18N4O3/c24-17-11-14(12-22(17)13-16-7-4-10-26-16)18(25)21-19-20-8-9-23(19)15-5-2-1-3-6-15/h1-10,14H,11-13H2,(H,20,21,25). The number of carbonyl (C=O) groups excluding carboxylic acids is 2. The SMILES string of the molecule is O=C(Nc1nccn1-c1ccccc1)C1CC(=O)N(Cc2ccco2)C1. The molecule has 26 heavy (non-hydrogen) atoms. The van der Waals surface area contributed by atoms with E-state index in [1.165, 1.54) is 0 Å². The van der Waals surface area contributed by atoms with Crippen molar-refractivity contribution in [1.29, 1.82) is 0 Å². The molecule has 1 aliphatic rings. The van der Waals surface area contributed by atoms with Crippen molar-refractivity contribution in [2.45, 2.75) is 13.0 Å². The zero-order valence-electron chi connectivity index (χ0n) is 14.0. The van der Waals surface area contributed by atoms with Crippen molar-refractivity contribution in [1.82, 2.24) is 14.5 Å². The summed E-state index contributed by atoms with van der Waals surface area (Å²) >= 11 is 0. The Hall–Kier alpha value is -3.35. The average Bonchev–Trinajstić information content (AvgIpc) is 3.39. The first kappa shape index (κ1) is 16.1. The highest BCUT2D eigenvalue weighted by Crippen LogP contribution is 2.22. The maximum atomic E-state index is 12.6. The maximum Gasteiger partial charge on any atom is 0.232 e. The lowest BCUT2D eigenvalue weighted by molar-refractivity contribution is -0.128. The number of para-hydroxylation sites is 1. The summed E-state index contributed by atoms with van der Waals surface area (Å²) in [6.07, 6.45) is 5.18. The predicted molar refractivity (Wildman–Crippen MR) is 94.4 cm³/mol. The van der Waals surface area contributed by atoms with Crippen molar-refractivity contribution in [2.24, 2.45) is 5.92 Å². The van der Waals surface area contributed by atoms with Gasteiger partial charge in [-0.25, -0.2) is 4.98 Å². The normalized spacial score (nSPS) is 16.8. The number of hydrogen-bond donors (Lipinski definition) is 1. The highest BCUT2D eigenvalue weighted by atomic mass is 16.3. The molecule has 7 heteroatoms. The summed E-state index contributed by atoms with van der Waals surface area (Å²) in [4.78, 5) is 30.7. The Morgan fingerprint density at radius 2 is 2.08 bits per heavy atom. The number of furan rings is 1. The molecule has 1 aliphatic heterocycles. The van der Waals surface area contributed by atoms with Crippen LogP contribution in [0.25, 0.3) is 5.69 Å². The molecular weight excluding hydrogens is 332 g/mol. The van der Waals surface area contributed by atoms with Crippen molar-refractivity contribution < 1.29 is 14.0 Å². The van der Waals surface area contributed by atoms with Crippen LogP contribution < -0.4 is 5.32 Å². The van der Waals surface area contributed by atoms with E-state index in [1.54, 1.807) is 34.2 Å². The fourth-order valence-electron chi connectivity index (χ4n) is 3.10. The van der Waals surface area contributed by atoms with Gasteiger partial charge in [0.05, 0.1) is 18.7 Å². The van der Waals surface area contributed by atoms with E-state index in [-0.39, 0.29) is 18.2 Å². The van der Waals surface area contributed by atoms with Crippen molar-refractivity contribution in [3.05, 3.63) is 66.9 Å². The second-order valence-electron chi connectivity index (χ2n) is 6.20. The van der Waals surface area contributed by atoms with Crippen molar-refractivity contribution in [3.63, 3.8) is 0 Å². The topological polar surface area (TPSA) is 80.4 Å². The predicted octanol–water partition coefficient (Wildman–Crippen LogP) is 2.45. The molecule has 0 bridgehead atoms. The van der Waals surface area contributed by atoms with E-state index < -0.39 is 5.92 Å². The molecule has 0 saturated carbocycles. The number of amides is 2. The van der Waals surface area contributed by atoms with Gasteiger partial charge in [0.25, 0.3) is 0 Å². The molecule has 2 amide bonds. The van der Waals surface area contributed by atoms with Gasteiger partial charge in [-0.3, -0.25) is 19.5 Å². The Kier molecular flexibility index (Phi) is 4.27. The minimum absolute atomic E-state index is 0.0482.